The van der Waals surface area contributed by atoms with E-state index in [1.54, 1.807) is 11.9 Å². The van der Waals surface area contributed by atoms with E-state index in [2.05, 4.69) is 5.32 Å². The highest BCUT2D eigenvalue weighted by molar-refractivity contribution is 6.31. The maximum atomic E-state index is 12.7. The van der Waals surface area contributed by atoms with Crippen LogP contribution < -0.4 is 5.32 Å². The molecule has 7 heteroatoms. The molecular formula is C14H16ClF3N2O. The highest BCUT2D eigenvalue weighted by Crippen LogP contribution is 2.31. The van der Waals surface area contributed by atoms with Gasteiger partial charge in [-0.25, -0.2) is 0 Å². The van der Waals surface area contributed by atoms with Gasteiger partial charge in [-0.05, 0) is 30.2 Å². The standard InChI is InChI=1S/C14H16ClF3N2O/c1-20-8-11(3-5-13(20)21)19-7-9-6-10(14(16,17)18)2-4-12(9)15/h2,4,6,11,19H,3,5,7-8H2,1H3/t11-/m0/s1. The second kappa shape index (κ2) is 6.23. The van der Waals surface area contributed by atoms with E-state index in [-0.39, 0.29) is 18.5 Å². The van der Waals surface area contributed by atoms with E-state index in [0.717, 1.165) is 12.1 Å². The number of benzene rings is 1. The van der Waals surface area contributed by atoms with Gasteiger partial charge in [-0.2, -0.15) is 13.2 Å². The largest absolute Gasteiger partial charge is 0.416 e. The van der Waals surface area contributed by atoms with Crippen molar-refractivity contribution in [3.63, 3.8) is 0 Å². The molecule has 116 valence electrons. The number of halogens is 4. The first-order valence-corrected chi connectivity index (χ1v) is 6.98. The summed E-state index contributed by atoms with van der Waals surface area (Å²) in [6, 6.07) is 3.36. The first kappa shape index (κ1) is 16.1. The average Bonchev–Trinajstić information content (AvgIpc) is 2.40. The molecule has 1 heterocycles. The normalized spacial score (nSPS) is 20.0. The second-order valence-electron chi connectivity index (χ2n) is 5.19. The Morgan fingerprint density at radius 3 is 2.76 bits per heavy atom. The minimum atomic E-state index is -4.38. The molecule has 0 aliphatic carbocycles. The molecule has 1 amide bonds. The van der Waals surface area contributed by atoms with E-state index in [9.17, 15) is 18.0 Å². The summed E-state index contributed by atoms with van der Waals surface area (Å²) in [6.07, 6.45) is -3.25. The molecule has 2 rings (SSSR count). The third-order valence-corrected chi connectivity index (χ3v) is 3.95. The zero-order valence-corrected chi connectivity index (χ0v) is 12.3. The fraction of sp³-hybridized carbons (Fsp3) is 0.500. The molecule has 1 aromatic rings. The number of piperidine rings is 1. The summed E-state index contributed by atoms with van der Waals surface area (Å²) in [5.41, 5.74) is -0.300. The molecule has 0 spiro atoms. The summed E-state index contributed by atoms with van der Waals surface area (Å²) >= 11 is 5.94. The van der Waals surface area contributed by atoms with Gasteiger partial charge in [0.15, 0.2) is 0 Å². The number of carbonyl (C=O) groups excluding carboxylic acids is 1. The fourth-order valence-corrected chi connectivity index (χ4v) is 2.50. The van der Waals surface area contributed by atoms with Crippen LogP contribution in [0.1, 0.15) is 24.0 Å². The number of alkyl halides is 3. The third kappa shape index (κ3) is 4.11. The first-order valence-electron chi connectivity index (χ1n) is 6.60. The van der Waals surface area contributed by atoms with Crippen LogP contribution in [0, 0.1) is 0 Å². The van der Waals surface area contributed by atoms with Gasteiger partial charge in [0, 0.05) is 37.6 Å². The summed E-state index contributed by atoms with van der Waals surface area (Å²) < 4.78 is 38.0. The zero-order chi connectivity index (χ0) is 15.6. The lowest BCUT2D eigenvalue weighted by molar-refractivity contribution is -0.137. The van der Waals surface area contributed by atoms with Crippen LogP contribution in [0.5, 0.6) is 0 Å². The van der Waals surface area contributed by atoms with Crippen molar-refractivity contribution in [1.29, 1.82) is 0 Å². The lowest BCUT2D eigenvalue weighted by Gasteiger charge is -2.30. The minimum Gasteiger partial charge on any atom is -0.344 e. The molecule has 0 saturated carbocycles. The molecule has 21 heavy (non-hydrogen) atoms. The number of amides is 1. The number of hydrogen-bond acceptors (Lipinski definition) is 2. The number of nitrogens with one attached hydrogen (secondary N) is 1. The molecule has 0 aromatic heterocycles. The Hall–Kier alpha value is -1.27. The van der Waals surface area contributed by atoms with E-state index >= 15 is 0 Å². The van der Waals surface area contributed by atoms with Crippen LogP contribution in [0.4, 0.5) is 13.2 Å². The van der Waals surface area contributed by atoms with Gasteiger partial charge >= 0.3 is 6.18 Å². The number of hydrogen-bond donors (Lipinski definition) is 1. The van der Waals surface area contributed by atoms with Crippen molar-refractivity contribution in [2.75, 3.05) is 13.6 Å². The SMILES string of the molecule is CN1C[C@@H](NCc2cc(C(F)(F)F)ccc2Cl)CCC1=O. The highest BCUT2D eigenvalue weighted by Gasteiger charge is 2.31. The van der Waals surface area contributed by atoms with Crippen molar-refractivity contribution < 1.29 is 18.0 Å². The lowest BCUT2D eigenvalue weighted by Crippen LogP contribution is -2.46. The first-order chi connectivity index (χ1) is 9.77. The van der Waals surface area contributed by atoms with E-state index in [0.29, 0.717) is 30.0 Å². The maximum Gasteiger partial charge on any atom is 0.416 e. The van der Waals surface area contributed by atoms with Crippen LogP contribution in [-0.4, -0.2) is 30.4 Å². The Kier molecular flexibility index (Phi) is 4.78. The Morgan fingerprint density at radius 2 is 2.14 bits per heavy atom. The Morgan fingerprint density at radius 1 is 1.43 bits per heavy atom. The predicted molar refractivity (Wildman–Crippen MR) is 74.0 cm³/mol. The number of likely N-dealkylation sites (N-methyl/N-ethyl adjacent to an activating group) is 1. The molecule has 1 fully saturated rings. The molecule has 3 nitrogen and oxygen atoms in total. The molecule has 1 atom stereocenters. The maximum absolute atomic E-state index is 12.7. The van der Waals surface area contributed by atoms with Gasteiger partial charge in [-0.1, -0.05) is 11.6 Å². The fourth-order valence-electron chi connectivity index (χ4n) is 2.32. The van der Waals surface area contributed by atoms with Crippen molar-refractivity contribution in [3.8, 4) is 0 Å². The molecular weight excluding hydrogens is 305 g/mol. The van der Waals surface area contributed by atoms with E-state index in [4.69, 9.17) is 11.6 Å². The minimum absolute atomic E-state index is 0.0679. The monoisotopic (exact) mass is 320 g/mol. The van der Waals surface area contributed by atoms with Gasteiger partial charge < -0.3 is 10.2 Å². The Balaban J connectivity index is 2.01. The molecule has 1 aromatic carbocycles. The second-order valence-corrected chi connectivity index (χ2v) is 5.60. The van der Waals surface area contributed by atoms with Crippen LogP contribution in [-0.2, 0) is 17.5 Å². The van der Waals surface area contributed by atoms with Gasteiger partial charge in [0.05, 0.1) is 5.56 Å². The summed E-state index contributed by atoms with van der Waals surface area (Å²) in [5.74, 6) is 0.0881. The summed E-state index contributed by atoms with van der Waals surface area (Å²) in [4.78, 5) is 13.0. The predicted octanol–water partition coefficient (Wildman–Crippen LogP) is 3.07. The zero-order valence-electron chi connectivity index (χ0n) is 11.5. The number of nitrogens with zero attached hydrogens (tertiary/aromatic N) is 1. The molecule has 0 radical (unpaired) electrons. The molecule has 1 aliphatic rings. The molecule has 1 N–H and O–H groups in total. The molecule has 1 saturated heterocycles. The van der Waals surface area contributed by atoms with Gasteiger partial charge in [0.1, 0.15) is 0 Å². The number of carbonyl (C=O) groups is 1. The van der Waals surface area contributed by atoms with Gasteiger partial charge in [0.2, 0.25) is 5.91 Å². The van der Waals surface area contributed by atoms with E-state index in [1.165, 1.54) is 6.07 Å². The van der Waals surface area contributed by atoms with Crippen molar-refractivity contribution >= 4 is 17.5 Å². The number of rotatable bonds is 3. The Bertz CT molecular complexity index is 533. The quantitative estimate of drug-likeness (QED) is 0.928. The van der Waals surface area contributed by atoms with Crippen LogP contribution >= 0.6 is 11.6 Å². The van der Waals surface area contributed by atoms with Gasteiger partial charge in [-0.3, -0.25) is 4.79 Å². The third-order valence-electron chi connectivity index (χ3n) is 3.58. The van der Waals surface area contributed by atoms with Gasteiger partial charge in [-0.15, -0.1) is 0 Å². The molecule has 1 aliphatic heterocycles. The van der Waals surface area contributed by atoms with Crippen LogP contribution in [0.15, 0.2) is 18.2 Å². The van der Waals surface area contributed by atoms with Gasteiger partial charge in [0.25, 0.3) is 0 Å². The van der Waals surface area contributed by atoms with Crippen molar-refractivity contribution in [1.82, 2.24) is 10.2 Å². The van der Waals surface area contributed by atoms with E-state index < -0.39 is 11.7 Å². The van der Waals surface area contributed by atoms with Crippen LogP contribution in [0.3, 0.4) is 0 Å². The van der Waals surface area contributed by atoms with Crippen LogP contribution in [0.25, 0.3) is 0 Å². The number of likely N-dealkylation sites (tertiary alicyclic amines) is 1. The average molecular weight is 321 g/mol. The van der Waals surface area contributed by atoms with Crippen molar-refractivity contribution in [3.05, 3.63) is 34.3 Å². The van der Waals surface area contributed by atoms with E-state index in [1.807, 2.05) is 0 Å². The van der Waals surface area contributed by atoms with Crippen molar-refractivity contribution in [2.24, 2.45) is 0 Å². The Labute approximate surface area is 126 Å². The smallest absolute Gasteiger partial charge is 0.344 e. The molecule has 0 unspecified atom stereocenters. The van der Waals surface area contributed by atoms with Crippen molar-refractivity contribution in [2.45, 2.75) is 31.6 Å². The van der Waals surface area contributed by atoms with Crippen LogP contribution in [0.2, 0.25) is 5.02 Å². The lowest BCUT2D eigenvalue weighted by atomic mass is 10.0. The molecule has 0 bridgehead atoms. The topological polar surface area (TPSA) is 32.3 Å². The summed E-state index contributed by atoms with van der Waals surface area (Å²) in [5, 5.41) is 3.46. The highest BCUT2D eigenvalue weighted by atomic mass is 35.5. The summed E-state index contributed by atoms with van der Waals surface area (Å²) in [7, 11) is 1.72. The summed E-state index contributed by atoms with van der Waals surface area (Å²) in [6.45, 7) is 0.796.